The van der Waals surface area contributed by atoms with Crippen LogP contribution in [0.3, 0.4) is 0 Å². The maximum Gasteiger partial charge on any atom is 0.161 e. The first kappa shape index (κ1) is 16.7. The molecule has 24 heavy (non-hydrogen) atoms. The van der Waals surface area contributed by atoms with E-state index in [1.54, 1.807) is 20.3 Å². The summed E-state index contributed by atoms with van der Waals surface area (Å²) >= 11 is 12.4. The van der Waals surface area contributed by atoms with E-state index in [9.17, 15) is 0 Å². The Labute approximate surface area is 150 Å². The number of hydrogen-bond donors (Lipinski definition) is 1. The second-order valence-electron chi connectivity index (χ2n) is 5.23. The van der Waals surface area contributed by atoms with Gasteiger partial charge in [-0.2, -0.15) is 0 Å². The maximum absolute atomic E-state index is 6.32. The van der Waals surface area contributed by atoms with Crippen LogP contribution in [0, 0.1) is 6.92 Å². The molecule has 2 aromatic carbocycles. The van der Waals surface area contributed by atoms with Crippen LogP contribution in [0.4, 0.5) is 0 Å². The van der Waals surface area contributed by atoms with Crippen molar-refractivity contribution in [2.24, 2.45) is 0 Å². The van der Waals surface area contributed by atoms with E-state index in [0.29, 0.717) is 21.5 Å². The van der Waals surface area contributed by atoms with Crippen molar-refractivity contribution >= 4 is 23.2 Å². The van der Waals surface area contributed by atoms with Crippen molar-refractivity contribution in [2.45, 2.75) is 6.92 Å². The standard InChI is InChI=1S/C18H16Cl2N2O2/c1-10-17(12-5-4-6-13(19)16(12)20)22-18(21-10)11-7-8-14(23-2)15(9-11)24-3/h4-9H,1-3H3,(H,21,22). The molecular weight excluding hydrogens is 347 g/mol. The van der Waals surface area contributed by atoms with E-state index in [1.807, 2.05) is 37.3 Å². The van der Waals surface area contributed by atoms with Crippen molar-refractivity contribution in [1.82, 2.24) is 9.97 Å². The van der Waals surface area contributed by atoms with Crippen LogP contribution in [-0.2, 0) is 0 Å². The Morgan fingerprint density at radius 1 is 1.00 bits per heavy atom. The molecule has 0 spiro atoms. The van der Waals surface area contributed by atoms with Gasteiger partial charge in [-0.3, -0.25) is 0 Å². The fourth-order valence-electron chi connectivity index (χ4n) is 2.53. The number of ether oxygens (including phenoxy) is 2. The normalized spacial score (nSPS) is 10.7. The van der Waals surface area contributed by atoms with Crippen LogP contribution < -0.4 is 9.47 Å². The molecule has 6 heteroatoms. The first-order valence-corrected chi connectivity index (χ1v) is 8.04. The van der Waals surface area contributed by atoms with Gasteiger partial charge in [0.2, 0.25) is 0 Å². The molecule has 3 aromatic rings. The van der Waals surface area contributed by atoms with Crippen LogP contribution >= 0.6 is 23.2 Å². The molecule has 1 aromatic heterocycles. The first-order valence-electron chi connectivity index (χ1n) is 7.28. The highest BCUT2D eigenvalue weighted by Gasteiger charge is 2.16. The molecule has 0 aliphatic rings. The van der Waals surface area contributed by atoms with Crippen molar-refractivity contribution in [3.63, 3.8) is 0 Å². The summed E-state index contributed by atoms with van der Waals surface area (Å²) in [6, 6.07) is 11.1. The monoisotopic (exact) mass is 362 g/mol. The van der Waals surface area contributed by atoms with Crippen LogP contribution in [-0.4, -0.2) is 24.2 Å². The van der Waals surface area contributed by atoms with Crippen LogP contribution in [0.15, 0.2) is 36.4 Å². The summed E-state index contributed by atoms with van der Waals surface area (Å²) in [5, 5.41) is 0.997. The Morgan fingerprint density at radius 3 is 2.46 bits per heavy atom. The zero-order valence-electron chi connectivity index (χ0n) is 13.5. The molecule has 3 rings (SSSR count). The van der Waals surface area contributed by atoms with E-state index >= 15 is 0 Å². The number of nitrogens with one attached hydrogen (secondary N) is 1. The molecule has 0 unspecified atom stereocenters. The number of methoxy groups -OCH3 is 2. The van der Waals surface area contributed by atoms with E-state index in [-0.39, 0.29) is 0 Å². The minimum Gasteiger partial charge on any atom is -0.493 e. The highest BCUT2D eigenvalue weighted by atomic mass is 35.5. The van der Waals surface area contributed by atoms with Gasteiger partial charge in [0, 0.05) is 16.8 Å². The van der Waals surface area contributed by atoms with Gasteiger partial charge in [0.05, 0.1) is 30.0 Å². The predicted molar refractivity (Wildman–Crippen MR) is 97.3 cm³/mol. The summed E-state index contributed by atoms with van der Waals surface area (Å²) in [4.78, 5) is 7.97. The summed E-state index contributed by atoms with van der Waals surface area (Å²) in [5.74, 6) is 2.04. The number of nitrogens with zero attached hydrogens (tertiary/aromatic N) is 1. The highest BCUT2D eigenvalue weighted by molar-refractivity contribution is 6.43. The lowest BCUT2D eigenvalue weighted by Gasteiger charge is -2.08. The van der Waals surface area contributed by atoms with E-state index in [4.69, 9.17) is 32.7 Å². The summed E-state index contributed by atoms with van der Waals surface area (Å²) in [6.07, 6.45) is 0. The fraction of sp³-hybridized carbons (Fsp3) is 0.167. The second kappa shape index (κ2) is 6.75. The average molecular weight is 363 g/mol. The number of benzene rings is 2. The number of hydrogen-bond acceptors (Lipinski definition) is 3. The molecule has 4 nitrogen and oxygen atoms in total. The fourth-order valence-corrected chi connectivity index (χ4v) is 2.92. The third-order valence-electron chi connectivity index (χ3n) is 3.75. The van der Waals surface area contributed by atoms with E-state index in [0.717, 1.165) is 28.3 Å². The van der Waals surface area contributed by atoms with Gasteiger partial charge in [-0.05, 0) is 31.2 Å². The Hall–Kier alpha value is -2.17. The van der Waals surface area contributed by atoms with Crippen molar-refractivity contribution < 1.29 is 9.47 Å². The molecule has 124 valence electrons. The largest absolute Gasteiger partial charge is 0.493 e. The SMILES string of the molecule is COc1ccc(-c2nc(-c3cccc(Cl)c3Cl)c(C)[nH]2)cc1OC. The quantitative estimate of drug-likeness (QED) is 0.677. The average Bonchev–Trinajstić information content (AvgIpc) is 2.98. The van der Waals surface area contributed by atoms with Crippen LogP contribution in [0.2, 0.25) is 10.0 Å². The second-order valence-corrected chi connectivity index (χ2v) is 6.02. The van der Waals surface area contributed by atoms with Crippen molar-refractivity contribution in [3.05, 3.63) is 52.1 Å². The van der Waals surface area contributed by atoms with E-state index < -0.39 is 0 Å². The van der Waals surface area contributed by atoms with Gasteiger partial charge in [-0.15, -0.1) is 0 Å². The minimum atomic E-state index is 0.493. The van der Waals surface area contributed by atoms with Gasteiger partial charge in [-0.25, -0.2) is 4.98 Å². The van der Waals surface area contributed by atoms with Crippen molar-refractivity contribution in [1.29, 1.82) is 0 Å². The summed E-state index contributed by atoms with van der Waals surface area (Å²) < 4.78 is 10.6. The molecule has 0 atom stereocenters. The number of imidazole rings is 1. The molecular formula is C18H16Cl2N2O2. The predicted octanol–water partition coefficient (Wildman–Crippen LogP) is 5.38. The van der Waals surface area contributed by atoms with Crippen LogP contribution in [0.5, 0.6) is 11.5 Å². The third kappa shape index (κ3) is 2.95. The van der Waals surface area contributed by atoms with Crippen molar-refractivity contribution in [2.75, 3.05) is 14.2 Å². The highest BCUT2D eigenvalue weighted by Crippen LogP contribution is 2.36. The van der Waals surface area contributed by atoms with E-state index in [2.05, 4.69) is 9.97 Å². The van der Waals surface area contributed by atoms with Gasteiger partial charge >= 0.3 is 0 Å². The minimum absolute atomic E-state index is 0.493. The number of aryl methyl sites for hydroxylation is 1. The molecule has 0 bridgehead atoms. The Balaban J connectivity index is 2.08. The van der Waals surface area contributed by atoms with Gasteiger partial charge in [-0.1, -0.05) is 35.3 Å². The Bertz CT molecular complexity index is 891. The zero-order valence-corrected chi connectivity index (χ0v) is 15.0. The summed E-state index contributed by atoms with van der Waals surface area (Å²) in [7, 11) is 3.21. The molecule has 0 saturated carbocycles. The third-order valence-corrected chi connectivity index (χ3v) is 4.57. The van der Waals surface area contributed by atoms with Crippen LogP contribution in [0.1, 0.15) is 5.69 Å². The number of halogens is 2. The number of aromatic nitrogens is 2. The maximum atomic E-state index is 6.32. The van der Waals surface area contributed by atoms with Gasteiger partial charge in [0.1, 0.15) is 5.82 Å². The molecule has 0 saturated heterocycles. The van der Waals surface area contributed by atoms with E-state index in [1.165, 1.54) is 0 Å². The molecule has 0 radical (unpaired) electrons. The lowest BCUT2D eigenvalue weighted by molar-refractivity contribution is 0.355. The van der Waals surface area contributed by atoms with Gasteiger partial charge in [0.15, 0.2) is 11.5 Å². The van der Waals surface area contributed by atoms with Gasteiger partial charge in [0.25, 0.3) is 0 Å². The lowest BCUT2D eigenvalue weighted by atomic mass is 10.1. The lowest BCUT2D eigenvalue weighted by Crippen LogP contribution is -1.91. The molecule has 0 amide bonds. The molecule has 0 aliphatic heterocycles. The molecule has 0 aliphatic carbocycles. The Morgan fingerprint density at radius 2 is 1.75 bits per heavy atom. The number of H-pyrrole nitrogens is 1. The summed E-state index contributed by atoms with van der Waals surface area (Å²) in [5.41, 5.74) is 3.36. The molecule has 0 fully saturated rings. The Kier molecular flexibility index (Phi) is 4.69. The molecule has 1 heterocycles. The first-order chi connectivity index (χ1) is 11.5. The number of aromatic amines is 1. The van der Waals surface area contributed by atoms with Gasteiger partial charge < -0.3 is 14.5 Å². The van der Waals surface area contributed by atoms with Crippen molar-refractivity contribution in [3.8, 4) is 34.1 Å². The number of rotatable bonds is 4. The zero-order chi connectivity index (χ0) is 17.3. The molecule has 1 N–H and O–H groups in total. The van der Waals surface area contributed by atoms with Crippen LogP contribution in [0.25, 0.3) is 22.6 Å². The summed E-state index contributed by atoms with van der Waals surface area (Å²) in [6.45, 7) is 1.95. The topological polar surface area (TPSA) is 47.1 Å². The smallest absolute Gasteiger partial charge is 0.161 e.